The molecule has 1 fully saturated rings. The van der Waals surface area contributed by atoms with Crippen molar-refractivity contribution in [1.29, 1.82) is 0 Å². The van der Waals surface area contributed by atoms with Gasteiger partial charge in [0.1, 0.15) is 11.6 Å². The number of hydrogen-bond acceptors (Lipinski definition) is 4. The van der Waals surface area contributed by atoms with E-state index in [1.807, 2.05) is 0 Å². The van der Waals surface area contributed by atoms with Gasteiger partial charge in [0.15, 0.2) is 4.90 Å². The van der Waals surface area contributed by atoms with Gasteiger partial charge in [0.05, 0.1) is 6.54 Å². The maximum absolute atomic E-state index is 13.8. The van der Waals surface area contributed by atoms with E-state index in [2.05, 4.69) is 6.58 Å². The van der Waals surface area contributed by atoms with Gasteiger partial charge in [0.25, 0.3) is 0 Å². The van der Waals surface area contributed by atoms with Crippen LogP contribution in [-0.2, 0) is 19.6 Å². The molecule has 0 unspecified atom stereocenters. The number of carbonyl (C=O) groups excluding carboxylic acids is 2. The molecule has 0 atom stereocenters. The molecule has 0 N–H and O–H groups in total. The maximum atomic E-state index is 13.8. The molecule has 0 radical (unpaired) electrons. The third-order valence-corrected chi connectivity index (χ3v) is 5.98. The molecule has 7 nitrogen and oxygen atoms in total. The molecule has 0 aromatic heterocycles. The first-order chi connectivity index (χ1) is 12.2. The van der Waals surface area contributed by atoms with Crippen LogP contribution in [0, 0.1) is 11.6 Å². The van der Waals surface area contributed by atoms with Crippen molar-refractivity contribution in [3.05, 3.63) is 42.5 Å². The molecular formula is C16H19F2N3O4S. The predicted octanol–water partition coefficient (Wildman–Crippen LogP) is 0.442. The van der Waals surface area contributed by atoms with E-state index in [9.17, 15) is 26.8 Å². The molecule has 1 aromatic carbocycles. The van der Waals surface area contributed by atoms with Gasteiger partial charge in [0.2, 0.25) is 21.8 Å². The summed E-state index contributed by atoms with van der Waals surface area (Å²) >= 11 is 0. The fourth-order valence-corrected chi connectivity index (χ4v) is 4.10. The number of benzene rings is 1. The van der Waals surface area contributed by atoms with Crippen molar-refractivity contribution in [2.45, 2.75) is 4.90 Å². The molecule has 1 aliphatic heterocycles. The van der Waals surface area contributed by atoms with Gasteiger partial charge >= 0.3 is 0 Å². The fraction of sp³-hybridized carbons (Fsp3) is 0.375. The van der Waals surface area contributed by atoms with E-state index in [1.54, 1.807) is 0 Å². The Balaban J connectivity index is 2.05. The summed E-state index contributed by atoms with van der Waals surface area (Å²) in [5.41, 5.74) is 0. The van der Waals surface area contributed by atoms with Gasteiger partial charge in [-0.05, 0) is 18.2 Å². The van der Waals surface area contributed by atoms with Gasteiger partial charge in [-0.2, -0.15) is 4.31 Å². The van der Waals surface area contributed by atoms with Crippen LogP contribution < -0.4 is 0 Å². The summed E-state index contributed by atoms with van der Waals surface area (Å²) in [6, 6.07) is 2.84. The van der Waals surface area contributed by atoms with E-state index < -0.39 is 32.5 Å². The van der Waals surface area contributed by atoms with E-state index >= 15 is 0 Å². The van der Waals surface area contributed by atoms with Gasteiger partial charge < -0.3 is 9.80 Å². The highest BCUT2D eigenvalue weighted by atomic mass is 32.2. The van der Waals surface area contributed by atoms with Crippen LogP contribution in [0.15, 0.2) is 35.7 Å². The zero-order valence-corrected chi connectivity index (χ0v) is 15.0. The zero-order valence-electron chi connectivity index (χ0n) is 14.2. The number of sulfonamides is 1. The average Bonchev–Trinajstić information content (AvgIpc) is 2.60. The zero-order chi connectivity index (χ0) is 19.5. The Kier molecular flexibility index (Phi) is 6.09. The molecule has 10 heteroatoms. The predicted molar refractivity (Wildman–Crippen MR) is 89.5 cm³/mol. The number of rotatable bonds is 5. The summed E-state index contributed by atoms with van der Waals surface area (Å²) in [6.07, 6.45) is 1.08. The molecule has 0 saturated carbocycles. The number of halogens is 2. The Labute approximate surface area is 150 Å². The number of carbonyl (C=O) groups is 2. The lowest BCUT2D eigenvalue weighted by atomic mass is 10.3. The van der Waals surface area contributed by atoms with Crippen molar-refractivity contribution in [3.63, 3.8) is 0 Å². The fourth-order valence-electron chi connectivity index (χ4n) is 2.57. The lowest BCUT2D eigenvalue weighted by Crippen LogP contribution is -2.52. The number of nitrogens with zero attached hydrogens (tertiary/aromatic N) is 3. The molecule has 1 heterocycles. The Hall–Kier alpha value is -2.33. The first-order valence-corrected chi connectivity index (χ1v) is 9.22. The monoisotopic (exact) mass is 387 g/mol. The van der Waals surface area contributed by atoms with Crippen LogP contribution in [0.1, 0.15) is 0 Å². The van der Waals surface area contributed by atoms with E-state index in [1.165, 1.54) is 16.8 Å². The van der Waals surface area contributed by atoms with Crippen LogP contribution in [0.5, 0.6) is 0 Å². The smallest absolute Gasteiger partial charge is 0.249 e. The topological polar surface area (TPSA) is 78.0 Å². The molecule has 142 valence electrons. The van der Waals surface area contributed by atoms with E-state index in [0.29, 0.717) is 0 Å². The molecular weight excluding hydrogens is 368 g/mol. The van der Waals surface area contributed by atoms with Crippen LogP contribution >= 0.6 is 0 Å². The lowest BCUT2D eigenvalue weighted by Gasteiger charge is -2.34. The third-order valence-electron chi connectivity index (χ3n) is 4.03. The summed E-state index contributed by atoms with van der Waals surface area (Å²) in [5, 5.41) is 0. The van der Waals surface area contributed by atoms with Crippen molar-refractivity contribution in [1.82, 2.24) is 14.1 Å². The van der Waals surface area contributed by atoms with Crippen molar-refractivity contribution < 1.29 is 26.8 Å². The van der Waals surface area contributed by atoms with Crippen molar-refractivity contribution >= 4 is 21.8 Å². The van der Waals surface area contributed by atoms with Crippen molar-refractivity contribution in [2.24, 2.45) is 0 Å². The van der Waals surface area contributed by atoms with Gasteiger partial charge in [-0.3, -0.25) is 9.59 Å². The Bertz CT molecular complexity index is 801. The van der Waals surface area contributed by atoms with E-state index in [4.69, 9.17) is 0 Å². The average molecular weight is 387 g/mol. The summed E-state index contributed by atoms with van der Waals surface area (Å²) in [4.78, 5) is 25.2. The SMILES string of the molecule is C=CC(=O)N(C)CC(=O)N1CCN(S(=O)(=O)c2c(F)cccc2F)CC1. The minimum Gasteiger partial charge on any atom is -0.339 e. The van der Waals surface area contributed by atoms with Crippen LogP contribution in [0.4, 0.5) is 8.78 Å². The van der Waals surface area contributed by atoms with Crippen molar-refractivity contribution in [3.8, 4) is 0 Å². The summed E-state index contributed by atoms with van der Waals surface area (Å²) in [6.45, 7) is 3.09. The van der Waals surface area contributed by atoms with Gasteiger partial charge in [-0.15, -0.1) is 0 Å². The Morgan fingerprint density at radius 1 is 1.19 bits per heavy atom. The molecule has 0 aliphatic carbocycles. The van der Waals surface area contributed by atoms with E-state index in [0.717, 1.165) is 28.6 Å². The minimum absolute atomic E-state index is 0.0598. The summed E-state index contributed by atoms with van der Waals surface area (Å²) in [5.74, 6) is -3.08. The maximum Gasteiger partial charge on any atom is 0.249 e. The van der Waals surface area contributed by atoms with Gasteiger partial charge in [-0.25, -0.2) is 17.2 Å². The van der Waals surface area contributed by atoms with Crippen LogP contribution in [0.3, 0.4) is 0 Å². The summed E-state index contributed by atoms with van der Waals surface area (Å²) < 4.78 is 53.5. The highest BCUT2D eigenvalue weighted by molar-refractivity contribution is 7.89. The van der Waals surface area contributed by atoms with E-state index in [-0.39, 0.29) is 38.6 Å². The number of likely N-dealkylation sites (N-methyl/N-ethyl adjacent to an activating group) is 1. The number of piperazine rings is 1. The molecule has 0 spiro atoms. The van der Waals surface area contributed by atoms with Crippen LogP contribution in [0.25, 0.3) is 0 Å². The second-order valence-corrected chi connectivity index (χ2v) is 7.61. The Morgan fingerprint density at radius 3 is 2.23 bits per heavy atom. The largest absolute Gasteiger partial charge is 0.339 e. The molecule has 1 aromatic rings. The molecule has 2 amide bonds. The second kappa shape index (κ2) is 7.92. The second-order valence-electron chi connectivity index (χ2n) is 5.73. The van der Waals surface area contributed by atoms with Crippen LogP contribution in [0.2, 0.25) is 0 Å². The van der Waals surface area contributed by atoms with Crippen molar-refractivity contribution in [2.75, 3.05) is 39.8 Å². The number of amides is 2. The van der Waals surface area contributed by atoms with Crippen LogP contribution in [-0.4, -0.2) is 74.1 Å². The first kappa shape index (κ1) is 20.0. The third kappa shape index (κ3) is 4.07. The summed E-state index contributed by atoms with van der Waals surface area (Å²) in [7, 11) is -2.90. The molecule has 2 rings (SSSR count). The normalized spacial score (nSPS) is 15.6. The van der Waals surface area contributed by atoms with Gasteiger partial charge in [0, 0.05) is 33.2 Å². The lowest BCUT2D eigenvalue weighted by molar-refractivity contribution is -0.138. The first-order valence-electron chi connectivity index (χ1n) is 7.78. The highest BCUT2D eigenvalue weighted by Gasteiger charge is 2.34. The highest BCUT2D eigenvalue weighted by Crippen LogP contribution is 2.23. The molecule has 1 saturated heterocycles. The molecule has 1 aliphatic rings. The minimum atomic E-state index is -4.35. The standard InChI is InChI=1S/C16H19F2N3O4S/c1-3-14(22)19(2)11-15(23)20-7-9-21(10-8-20)26(24,25)16-12(17)5-4-6-13(16)18/h3-6H,1,7-11H2,2H3. The Morgan fingerprint density at radius 2 is 1.73 bits per heavy atom. The van der Waals surface area contributed by atoms with Gasteiger partial charge in [-0.1, -0.05) is 12.6 Å². The molecule has 0 bridgehead atoms. The quantitative estimate of drug-likeness (QED) is 0.687. The molecule has 26 heavy (non-hydrogen) atoms. The number of hydrogen-bond donors (Lipinski definition) is 0.